The van der Waals surface area contributed by atoms with Crippen LogP contribution in [0, 0.1) is 0 Å². The molecule has 72 valence electrons. The van der Waals surface area contributed by atoms with E-state index in [9.17, 15) is 4.79 Å². The van der Waals surface area contributed by atoms with E-state index in [4.69, 9.17) is 10.5 Å². The first-order valence-corrected chi connectivity index (χ1v) is 4.07. The fourth-order valence-electron chi connectivity index (χ4n) is 1.37. The van der Waals surface area contributed by atoms with Crippen molar-refractivity contribution in [2.24, 2.45) is 16.0 Å². The van der Waals surface area contributed by atoms with Crippen LogP contribution in [0.15, 0.2) is 22.0 Å². The molecular formula is C8H13N3O2. The van der Waals surface area contributed by atoms with Crippen molar-refractivity contribution >= 4 is 5.91 Å². The highest BCUT2D eigenvalue weighted by Gasteiger charge is 2.38. The predicted octanol–water partition coefficient (Wildman–Crippen LogP) is 0.617. The summed E-state index contributed by atoms with van der Waals surface area (Å²) >= 11 is 0. The van der Waals surface area contributed by atoms with Gasteiger partial charge in [0.05, 0.1) is 18.4 Å². The maximum Gasteiger partial charge on any atom is 0.248 e. The molecule has 0 aliphatic carbocycles. The van der Waals surface area contributed by atoms with Crippen LogP contribution in [0.1, 0.15) is 13.3 Å². The van der Waals surface area contributed by atoms with Gasteiger partial charge in [-0.25, -0.2) is 0 Å². The topological polar surface area (TPSA) is 77.0 Å². The number of rotatable bonds is 4. The van der Waals surface area contributed by atoms with Gasteiger partial charge in [-0.05, 0) is 6.42 Å². The highest BCUT2D eigenvalue weighted by molar-refractivity contribution is 5.94. The first kappa shape index (κ1) is 9.85. The molecule has 5 heteroatoms. The third kappa shape index (κ3) is 1.60. The minimum absolute atomic E-state index is 0.335. The molecule has 0 aromatic rings. The lowest BCUT2D eigenvalue weighted by Crippen LogP contribution is -2.37. The normalized spacial score (nSPS) is 26.2. The average molecular weight is 183 g/mol. The molecule has 2 N–H and O–H groups in total. The summed E-state index contributed by atoms with van der Waals surface area (Å²) in [6.07, 6.45) is 2.06. The summed E-state index contributed by atoms with van der Waals surface area (Å²) in [7, 11) is 1.56. The molecular weight excluding hydrogens is 170 g/mol. The lowest BCUT2D eigenvalue weighted by molar-refractivity contribution is -0.115. The van der Waals surface area contributed by atoms with Crippen molar-refractivity contribution in [3.63, 3.8) is 0 Å². The fourth-order valence-corrected chi connectivity index (χ4v) is 1.37. The minimum Gasteiger partial charge on any atom is -0.382 e. The van der Waals surface area contributed by atoms with Crippen LogP contribution >= 0.6 is 0 Å². The summed E-state index contributed by atoms with van der Waals surface area (Å²) in [5.74, 6) is -0.482. The Balaban J connectivity index is 2.92. The Morgan fingerprint density at radius 1 is 1.77 bits per heavy atom. The smallest absolute Gasteiger partial charge is 0.248 e. The lowest BCUT2D eigenvalue weighted by atomic mass is 9.89. The third-order valence-corrected chi connectivity index (χ3v) is 2.17. The maximum absolute atomic E-state index is 11.0. The first-order chi connectivity index (χ1) is 6.16. The van der Waals surface area contributed by atoms with Crippen molar-refractivity contribution in [2.45, 2.75) is 18.9 Å². The molecule has 13 heavy (non-hydrogen) atoms. The van der Waals surface area contributed by atoms with Crippen LogP contribution in [0.25, 0.3) is 0 Å². The molecule has 0 aromatic heterocycles. The van der Waals surface area contributed by atoms with E-state index in [1.807, 2.05) is 6.92 Å². The number of ether oxygens (including phenoxy) is 1. The van der Waals surface area contributed by atoms with Gasteiger partial charge in [-0.1, -0.05) is 6.92 Å². The van der Waals surface area contributed by atoms with Crippen LogP contribution in [0.4, 0.5) is 0 Å². The molecule has 0 bridgehead atoms. The molecule has 0 aromatic carbocycles. The SMILES string of the molecule is CCC1(COC)N=NC=C1C(N)=O. The summed E-state index contributed by atoms with van der Waals surface area (Å²) in [5.41, 5.74) is 4.97. The van der Waals surface area contributed by atoms with Gasteiger partial charge < -0.3 is 10.5 Å². The van der Waals surface area contributed by atoms with Gasteiger partial charge in [-0.2, -0.15) is 10.2 Å². The number of carbonyl (C=O) groups is 1. The Kier molecular flexibility index (Phi) is 2.77. The quantitative estimate of drug-likeness (QED) is 0.693. The number of hydrogen-bond donors (Lipinski definition) is 1. The van der Waals surface area contributed by atoms with Crippen molar-refractivity contribution in [2.75, 3.05) is 13.7 Å². The van der Waals surface area contributed by atoms with Crippen molar-refractivity contribution in [1.29, 1.82) is 0 Å². The van der Waals surface area contributed by atoms with E-state index in [1.165, 1.54) is 6.20 Å². The maximum atomic E-state index is 11.0. The molecule has 5 nitrogen and oxygen atoms in total. The Bertz CT molecular complexity index is 273. The van der Waals surface area contributed by atoms with E-state index >= 15 is 0 Å². The van der Waals surface area contributed by atoms with Gasteiger partial charge in [0.1, 0.15) is 5.54 Å². The van der Waals surface area contributed by atoms with Crippen LogP contribution in [-0.2, 0) is 9.53 Å². The Hall–Kier alpha value is -1.23. The molecule has 0 radical (unpaired) electrons. The van der Waals surface area contributed by atoms with Crippen LogP contribution < -0.4 is 5.73 Å². The van der Waals surface area contributed by atoms with Gasteiger partial charge >= 0.3 is 0 Å². The average Bonchev–Trinajstić information content (AvgIpc) is 2.50. The van der Waals surface area contributed by atoms with Crippen LogP contribution in [0.2, 0.25) is 0 Å². The van der Waals surface area contributed by atoms with Crippen LogP contribution in [0.5, 0.6) is 0 Å². The van der Waals surface area contributed by atoms with Gasteiger partial charge in [0.25, 0.3) is 0 Å². The monoisotopic (exact) mass is 183 g/mol. The summed E-state index contributed by atoms with van der Waals surface area (Å²) in [5, 5.41) is 7.70. The Morgan fingerprint density at radius 2 is 2.46 bits per heavy atom. The second kappa shape index (κ2) is 3.66. The van der Waals surface area contributed by atoms with E-state index < -0.39 is 11.4 Å². The molecule has 1 amide bonds. The van der Waals surface area contributed by atoms with Crippen molar-refractivity contribution in [1.82, 2.24) is 0 Å². The van der Waals surface area contributed by atoms with Gasteiger partial charge in [0, 0.05) is 7.11 Å². The van der Waals surface area contributed by atoms with Crippen molar-refractivity contribution in [3.05, 3.63) is 11.8 Å². The summed E-state index contributed by atoms with van der Waals surface area (Å²) in [6, 6.07) is 0. The zero-order valence-corrected chi connectivity index (χ0v) is 7.78. The van der Waals surface area contributed by atoms with E-state index in [2.05, 4.69) is 10.2 Å². The number of primary amides is 1. The minimum atomic E-state index is -0.652. The van der Waals surface area contributed by atoms with Gasteiger partial charge in [0.2, 0.25) is 5.91 Å². The lowest BCUT2D eigenvalue weighted by Gasteiger charge is -2.23. The van der Waals surface area contributed by atoms with Crippen molar-refractivity contribution < 1.29 is 9.53 Å². The number of nitrogens with zero attached hydrogens (tertiary/aromatic N) is 2. The number of azo groups is 1. The van der Waals surface area contributed by atoms with Crippen LogP contribution in [-0.4, -0.2) is 25.2 Å². The third-order valence-electron chi connectivity index (χ3n) is 2.17. The fraction of sp³-hybridized carbons (Fsp3) is 0.625. The number of hydrogen-bond acceptors (Lipinski definition) is 4. The molecule has 0 spiro atoms. The Labute approximate surface area is 76.7 Å². The Morgan fingerprint density at radius 3 is 2.92 bits per heavy atom. The largest absolute Gasteiger partial charge is 0.382 e. The molecule has 1 atom stereocenters. The van der Waals surface area contributed by atoms with E-state index in [0.29, 0.717) is 18.6 Å². The highest BCUT2D eigenvalue weighted by atomic mass is 16.5. The molecule has 0 fully saturated rings. The van der Waals surface area contributed by atoms with E-state index in [0.717, 1.165) is 0 Å². The second-order valence-electron chi connectivity index (χ2n) is 2.94. The molecule has 1 unspecified atom stereocenters. The van der Waals surface area contributed by atoms with Gasteiger partial charge in [-0.15, -0.1) is 0 Å². The van der Waals surface area contributed by atoms with Gasteiger partial charge in [-0.3, -0.25) is 4.79 Å². The van der Waals surface area contributed by atoms with E-state index in [1.54, 1.807) is 7.11 Å². The standard InChI is InChI=1S/C8H13N3O2/c1-3-8(5-13-2)6(7(9)12)4-10-11-8/h4H,3,5H2,1-2H3,(H2,9,12). The summed E-state index contributed by atoms with van der Waals surface area (Å²) < 4.78 is 5.00. The zero-order chi connectivity index (χ0) is 9.90. The number of methoxy groups -OCH3 is 1. The van der Waals surface area contributed by atoms with Gasteiger partial charge in [0.15, 0.2) is 0 Å². The molecule has 1 aliphatic heterocycles. The molecule has 1 heterocycles. The zero-order valence-electron chi connectivity index (χ0n) is 7.78. The molecule has 1 rings (SSSR count). The van der Waals surface area contributed by atoms with E-state index in [-0.39, 0.29) is 0 Å². The summed E-state index contributed by atoms with van der Waals surface area (Å²) in [6.45, 7) is 2.25. The number of nitrogens with two attached hydrogens (primary N) is 1. The molecule has 0 saturated heterocycles. The second-order valence-corrected chi connectivity index (χ2v) is 2.94. The summed E-state index contributed by atoms with van der Waals surface area (Å²) in [4.78, 5) is 11.0. The molecule has 1 aliphatic rings. The highest BCUT2D eigenvalue weighted by Crippen LogP contribution is 2.31. The number of carbonyl (C=O) groups excluding carboxylic acids is 1. The first-order valence-electron chi connectivity index (χ1n) is 4.07. The predicted molar refractivity (Wildman–Crippen MR) is 47.0 cm³/mol. The van der Waals surface area contributed by atoms with Crippen molar-refractivity contribution in [3.8, 4) is 0 Å². The number of amides is 1. The van der Waals surface area contributed by atoms with Crippen LogP contribution in [0.3, 0.4) is 0 Å². The molecule has 0 saturated carbocycles.